The summed E-state index contributed by atoms with van der Waals surface area (Å²) in [7, 11) is 0. The Kier molecular flexibility index (Phi) is 6.00. The number of carbonyl (C=O) groups is 1. The first kappa shape index (κ1) is 22.4. The van der Waals surface area contributed by atoms with E-state index in [1.165, 1.54) is 12.1 Å². The summed E-state index contributed by atoms with van der Waals surface area (Å²) in [5.74, 6) is 1.06. The third-order valence-corrected chi connectivity index (χ3v) is 6.48. The van der Waals surface area contributed by atoms with E-state index < -0.39 is 0 Å². The predicted octanol–water partition coefficient (Wildman–Crippen LogP) is 6.59. The van der Waals surface area contributed by atoms with Gasteiger partial charge in [-0.1, -0.05) is 18.5 Å². The van der Waals surface area contributed by atoms with E-state index >= 15 is 0 Å². The second kappa shape index (κ2) is 9.11. The fraction of sp³-hybridized carbons (Fsp3) is 0.259. The maximum Gasteiger partial charge on any atom is 0.163 e. The lowest BCUT2D eigenvalue weighted by Gasteiger charge is -2.31. The van der Waals surface area contributed by atoms with Gasteiger partial charge in [0.2, 0.25) is 0 Å². The van der Waals surface area contributed by atoms with Gasteiger partial charge in [0.25, 0.3) is 0 Å². The van der Waals surface area contributed by atoms with Gasteiger partial charge in [0.15, 0.2) is 5.78 Å². The SMILES string of the molecule is Cc1nc(N2CCCc3nc(C(C)CC(=O)c4ccc(Cl)cc4)ccc32)c2cc(F)ccc2n1. The lowest BCUT2D eigenvalue weighted by Crippen LogP contribution is -2.27. The molecule has 0 aliphatic carbocycles. The molecule has 0 radical (unpaired) electrons. The number of pyridine rings is 1. The van der Waals surface area contributed by atoms with Crippen LogP contribution >= 0.6 is 11.6 Å². The summed E-state index contributed by atoms with van der Waals surface area (Å²) >= 11 is 5.94. The third-order valence-electron chi connectivity index (χ3n) is 6.23. The molecule has 0 N–H and O–H groups in total. The van der Waals surface area contributed by atoms with Gasteiger partial charge in [0.1, 0.15) is 17.5 Å². The Balaban J connectivity index is 1.45. The van der Waals surface area contributed by atoms with Crippen molar-refractivity contribution in [3.63, 3.8) is 0 Å². The molecule has 1 unspecified atom stereocenters. The van der Waals surface area contributed by atoms with Crippen molar-refractivity contribution in [1.82, 2.24) is 15.0 Å². The largest absolute Gasteiger partial charge is 0.324 e. The minimum absolute atomic E-state index is 0.0277. The molecule has 0 fully saturated rings. The lowest BCUT2D eigenvalue weighted by molar-refractivity contribution is 0.0975. The zero-order valence-corrected chi connectivity index (χ0v) is 19.8. The van der Waals surface area contributed by atoms with Gasteiger partial charge in [-0.15, -0.1) is 0 Å². The van der Waals surface area contributed by atoms with Crippen molar-refractivity contribution in [3.05, 3.63) is 88.2 Å². The van der Waals surface area contributed by atoms with Crippen LogP contribution in [-0.4, -0.2) is 27.3 Å². The van der Waals surface area contributed by atoms with Crippen LogP contribution in [0, 0.1) is 12.7 Å². The van der Waals surface area contributed by atoms with Crippen LogP contribution in [0.3, 0.4) is 0 Å². The van der Waals surface area contributed by atoms with E-state index in [0.29, 0.717) is 34.0 Å². The number of aromatic nitrogens is 3. The summed E-state index contributed by atoms with van der Waals surface area (Å²) in [6.45, 7) is 4.63. The predicted molar refractivity (Wildman–Crippen MR) is 133 cm³/mol. The van der Waals surface area contributed by atoms with Crippen molar-refractivity contribution in [2.45, 2.75) is 39.0 Å². The van der Waals surface area contributed by atoms with Crippen molar-refractivity contribution < 1.29 is 9.18 Å². The number of Topliss-reactive ketones (excluding diaryl/α,β-unsaturated/α-hetero) is 1. The Labute approximate surface area is 202 Å². The fourth-order valence-corrected chi connectivity index (χ4v) is 4.63. The second-order valence-corrected chi connectivity index (χ2v) is 9.18. The highest BCUT2D eigenvalue weighted by molar-refractivity contribution is 6.30. The van der Waals surface area contributed by atoms with E-state index in [1.54, 1.807) is 30.3 Å². The first-order valence-corrected chi connectivity index (χ1v) is 11.8. The number of benzene rings is 2. The second-order valence-electron chi connectivity index (χ2n) is 8.75. The fourth-order valence-electron chi connectivity index (χ4n) is 4.50. The molecular formula is C27H24ClFN4O. The zero-order valence-electron chi connectivity index (χ0n) is 19.1. The topological polar surface area (TPSA) is 59.0 Å². The molecule has 34 heavy (non-hydrogen) atoms. The van der Waals surface area contributed by atoms with E-state index in [1.807, 2.05) is 26.0 Å². The van der Waals surface area contributed by atoms with Gasteiger partial charge >= 0.3 is 0 Å². The molecule has 0 saturated carbocycles. The molecule has 172 valence electrons. The Morgan fingerprint density at radius 3 is 2.68 bits per heavy atom. The quantitative estimate of drug-likeness (QED) is 0.305. The van der Waals surface area contributed by atoms with Gasteiger partial charge in [-0.2, -0.15) is 0 Å². The molecule has 5 rings (SSSR count). The maximum atomic E-state index is 14.0. The van der Waals surface area contributed by atoms with E-state index in [0.717, 1.165) is 42.0 Å². The van der Waals surface area contributed by atoms with E-state index in [-0.39, 0.29) is 17.5 Å². The van der Waals surface area contributed by atoms with Gasteiger partial charge in [-0.25, -0.2) is 14.4 Å². The molecule has 7 heteroatoms. The summed E-state index contributed by atoms with van der Waals surface area (Å²) in [6.07, 6.45) is 2.11. The van der Waals surface area contributed by atoms with E-state index in [9.17, 15) is 9.18 Å². The molecule has 2 aromatic heterocycles. The van der Waals surface area contributed by atoms with E-state index in [4.69, 9.17) is 16.6 Å². The van der Waals surface area contributed by atoms with E-state index in [2.05, 4.69) is 14.9 Å². The molecule has 0 amide bonds. The third kappa shape index (κ3) is 4.38. The molecule has 5 nitrogen and oxygen atoms in total. The number of rotatable bonds is 5. The first-order chi connectivity index (χ1) is 16.4. The molecule has 0 bridgehead atoms. The van der Waals surface area contributed by atoms with Crippen LogP contribution in [0.2, 0.25) is 5.02 Å². The summed E-state index contributed by atoms with van der Waals surface area (Å²) in [4.78, 5) is 28.9. The number of fused-ring (bicyclic) bond motifs is 2. The highest BCUT2D eigenvalue weighted by atomic mass is 35.5. The highest BCUT2D eigenvalue weighted by Crippen LogP contribution is 2.36. The number of aryl methyl sites for hydroxylation is 2. The maximum absolute atomic E-state index is 14.0. The number of anilines is 2. The highest BCUT2D eigenvalue weighted by Gasteiger charge is 2.24. The Bertz CT molecular complexity index is 1390. The normalized spacial score (nSPS) is 14.2. The van der Waals surface area contributed by atoms with Crippen molar-refractivity contribution in [2.24, 2.45) is 0 Å². The number of hydrogen-bond donors (Lipinski definition) is 0. The van der Waals surface area contributed by atoms with Gasteiger partial charge in [0, 0.05) is 40.5 Å². The van der Waals surface area contributed by atoms with Crippen LogP contribution in [0.15, 0.2) is 54.6 Å². The Morgan fingerprint density at radius 1 is 1.09 bits per heavy atom. The average Bonchev–Trinajstić information content (AvgIpc) is 2.83. The minimum atomic E-state index is -0.314. The monoisotopic (exact) mass is 474 g/mol. The molecule has 1 atom stereocenters. The standard InChI is InChI=1S/C27H24ClFN4O/c1-16(14-26(34)18-5-7-19(28)8-6-18)22-11-12-25-24(32-22)4-3-13-33(25)27-21-15-20(29)9-10-23(21)30-17(2)31-27/h5-12,15-16H,3-4,13-14H2,1-2H3. The summed E-state index contributed by atoms with van der Waals surface area (Å²) in [5.41, 5.74) is 4.19. The van der Waals surface area contributed by atoms with Crippen LogP contribution in [0.25, 0.3) is 10.9 Å². The summed E-state index contributed by atoms with van der Waals surface area (Å²) in [5, 5.41) is 1.30. The zero-order chi connectivity index (χ0) is 23.8. The number of nitrogens with zero attached hydrogens (tertiary/aromatic N) is 4. The molecule has 1 aliphatic rings. The first-order valence-electron chi connectivity index (χ1n) is 11.4. The van der Waals surface area contributed by atoms with Gasteiger partial charge in [0.05, 0.1) is 16.9 Å². The van der Waals surface area contributed by atoms with Crippen molar-refractivity contribution in [2.75, 3.05) is 11.4 Å². The smallest absolute Gasteiger partial charge is 0.163 e. The minimum Gasteiger partial charge on any atom is -0.324 e. The summed E-state index contributed by atoms with van der Waals surface area (Å²) < 4.78 is 14.0. The van der Waals surface area contributed by atoms with Crippen LogP contribution in [0.1, 0.15) is 53.3 Å². The van der Waals surface area contributed by atoms with Crippen LogP contribution in [0.5, 0.6) is 0 Å². The Morgan fingerprint density at radius 2 is 1.88 bits per heavy atom. The molecule has 4 aromatic rings. The number of ketones is 1. The van der Waals surface area contributed by atoms with Crippen LogP contribution in [0.4, 0.5) is 15.9 Å². The molecule has 0 spiro atoms. The van der Waals surface area contributed by atoms with Crippen molar-refractivity contribution >= 4 is 39.8 Å². The number of halogens is 2. The average molecular weight is 475 g/mol. The van der Waals surface area contributed by atoms with Gasteiger partial charge < -0.3 is 4.90 Å². The van der Waals surface area contributed by atoms with Crippen LogP contribution < -0.4 is 4.90 Å². The van der Waals surface area contributed by atoms with Crippen LogP contribution in [-0.2, 0) is 6.42 Å². The van der Waals surface area contributed by atoms with Crippen molar-refractivity contribution in [3.8, 4) is 0 Å². The molecule has 0 saturated heterocycles. The molecule has 1 aliphatic heterocycles. The summed E-state index contributed by atoms with van der Waals surface area (Å²) in [6, 6.07) is 15.6. The number of hydrogen-bond acceptors (Lipinski definition) is 5. The molecule has 2 aromatic carbocycles. The van der Waals surface area contributed by atoms with Gasteiger partial charge in [-0.3, -0.25) is 9.78 Å². The Hall–Kier alpha value is -3.38. The van der Waals surface area contributed by atoms with Gasteiger partial charge in [-0.05, 0) is 74.4 Å². The molecular weight excluding hydrogens is 451 g/mol. The lowest BCUT2D eigenvalue weighted by atomic mass is 9.95. The number of carbonyl (C=O) groups excluding carboxylic acids is 1. The molecule has 3 heterocycles. The van der Waals surface area contributed by atoms with Crippen molar-refractivity contribution in [1.29, 1.82) is 0 Å².